The monoisotopic (exact) mass is 257 g/mol. The molecule has 2 nitrogen and oxygen atoms in total. The van der Waals surface area contributed by atoms with E-state index in [0.717, 1.165) is 38.5 Å². The Kier molecular flexibility index (Phi) is 7.58. The van der Waals surface area contributed by atoms with Crippen molar-refractivity contribution >= 4 is 5.78 Å². The van der Waals surface area contributed by atoms with Crippen LogP contribution >= 0.6 is 0 Å². The molecule has 0 bridgehead atoms. The van der Waals surface area contributed by atoms with Crippen LogP contribution in [0.15, 0.2) is 30.3 Å². The van der Waals surface area contributed by atoms with Gasteiger partial charge in [0.2, 0.25) is 0 Å². The zero-order valence-electron chi connectivity index (χ0n) is 11.8. The molecule has 0 spiro atoms. The Morgan fingerprint density at radius 1 is 1.21 bits per heavy atom. The van der Waals surface area contributed by atoms with E-state index in [4.69, 9.17) is 5.26 Å². The molecule has 0 radical (unpaired) electrons. The second-order valence-corrected chi connectivity index (χ2v) is 4.98. The quantitative estimate of drug-likeness (QED) is 0.619. The Bertz CT molecular complexity index is 405. The molecule has 0 saturated carbocycles. The first-order chi connectivity index (χ1) is 9.27. The van der Waals surface area contributed by atoms with Crippen LogP contribution in [0.2, 0.25) is 0 Å². The summed E-state index contributed by atoms with van der Waals surface area (Å²) in [7, 11) is 0. The second-order valence-electron chi connectivity index (χ2n) is 4.98. The summed E-state index contributed by atoms with van der Waals surface area (Å²) in [5.41, 5.74) is 1.36. The zero-order valence-corrected chi connectivity index (χ0v) is 11.8. The lowest BCUT2D eigenvalue weighted by molar-refractivity contribution is -0.121. The fourth-order valence-corrected chi connectivity index (χ4v) is 2.22. The average Bonchev–Trinajstić information content (AvgIpc) is 2.44. The van der Waals surface area contributed by atoms with Gasteiger partial charge in [-0.3, -0.25) is 4.79 Å². The summed E-state index contributed by atoms with van der Waals surface area (Å²) in [5, 5.41) is 8.99. The summed E-state index contributed by atoms with van der Waals surface area (Å²) in [6.45, 7) is 1.98. The standard InChI is InChI=1S/C17H23NO/c1-2-9-17(19)16(14-18)13-8-4-7-12-15-10-5-3-6-11-15/h3,5-6,10-11,16H,2,4,7-9,12-13H2,1H3. The highest BCUT2D eigenvalue weighted by Gasteiger charge is 2.15. The molecule has 0 aliphatic rings. The van der Waals surface area contributed by atoms with Gasteiger partial charge < -0.3 is 0 Å². The van der Waals surface area contributed by atoms with Crippen molar-refractivity contribution in [1.82, 2.24) is 0 Å². The van der Waals surface area contributed by atoms with Gasteiger partial charge in [0.25, 0.3) is 0 Å². The van der Waals surface area contributed by atoms with Crippen LogP contribution in [-0.4, -0.2) is 5.78 Å². The van der Waals surface area contributed by atoms with E-state index in [9.17, 15) is 4.79 Å². The molecule has 2 heteroatoms. The van der Waals surface area contributed by atoms with Gasteiger partial charge in [0.15, 0.2) is 0 Å². The molecule has 1 unspecified atom stereocenters. The van der Waals surface area contributed by atoms with Crippen LogP contribution in [-0.2, 0) is 11.2 Å². The SMILES string of the molecule is CCCC(=O)C(C#N)CCCCCc1ccccc1. The fraction of sp³-hybridized carbons (Fsp3) is 0.529. The number of benzene rings is 1. The van der Waals surface area contributed by atoms with Crippen LogP contribution < -0.4 is 0 Å². The number of nitriles is 1. The van der Waals surface area contributed by atoms with Crippen molar-refractivity contribution in [2.24, 2.45) is 5.92 Å². The summed E-state index contributed by atoms with van der Waals surface area (Å²) in [6.07, 6.45) is 6.38. The smallest absolute Gasteiger partial charge is 0.149 e. The van der Waals surface area contributed by atoms with E-state index in [0.29, 0.717) is 6.42 Å². The largest absolute Gasteiger partial charge is 0.298 e. The van der Waals surface area contributed by atoms with Gasteiger partial charge in [-0.2, -0.15) is 5.26 Å². The molecule has 0 aliphatic carbocycles. The first-order valence-corrected chi connectivity index (χ1v) is 7.24. The van der Waals surface area contributed by atoms with Gasteiger partial charge >= 0.3 is 0 Å². The van der Waals surface area contributed by atoms with E-state index >= 15 is 0 Å². The highest BCUT2D eigenvalue weighted by atomic mass is 16.1. The highest BCUT2D eigenvalue weighted by molar-refractivity contribution is 5.83. The van der Waals surface area contributed by atoms with Crippen molar-refractivity contribution in [3.8, 4) is 6.07 Å². The molecule has 0 saturated heterocycles. The van der Waals surface area contributed by atoms with Crippen molar-refractivity contribution in [2.75, 3.05) is 0 Å². The van der Waals surface area contributed by atoms with Crippen molar-refractivity contribution in [1.29, 1.82) is 5.26 Å². The summed E-state index contributed by atoms with van der Waals surface area (Å²) >= 11 is 0. The maximum atomic E-state index is 11.6. The minimum Gasteiger partial charge on any atom is -0.298 e. The maximum absolute atomic E-state index is 11.6. The fourth-order valence-electron chi connectivity index (χ4n) is 2.22. The van der Waals surface area contributed by atoms with Gasteiger partial charge in [0, 0.05) is 6.42 Å². The number of rotatable bonds is 9. The number of aryl methyl sites for hydroxylation is 1. The van der Waals surface area contributed by atoms with Crippen LogP contribution in [0.1, 0.15) is 51.0 Å². The lowest BCUT2D eigenvalue weighted by atomic mass is 9.95. The second kappa shape index (κ2) is 9.33. The van der Waals surface area contributed by atoms with Gasteiger partial charge in [0.1, 0.15) is 11.7 Å². The van der Waals surface area contributed by atoms with E-state index in [2.05, 4.69) is 30.3 Å². The Balaban J connectivity index is 2.16. The van der Waals surface area contributed by atoms with Gasteiger partial charge in [-0.1, -0.05) is 50.1 Å². The van der Waals surface area contributed by atoms with Gasteiger partial charge in [0.05, 0.1) is 6.07 Å². The highest BCUT2D eigenvalue weighted by Crippen LogP contribution is 2.14. The minimum absolute atomic E-state index is 0.119. The molecule has 1 aromatic rings. The summed E-state index contributed by atoms with van der Waals surface area (Å²) in [6, 6.07) is 12.6. The number of nitrogens with zero attached hydrogens (tertiary/aromatic N) is 1. The van der Waals surface area contributed by atoms with E-state index in [-0.39, 0.29) is 11.7 Å². The third kappa shape index (κ3) is 6.20. The minimum atomic E-state index is -0.378. The number of hydrogen-bond acceptors (Lipinski definition) is 2. The van der Waals surface area contributed by atoms with Crippen molar-refractivity contribution in [3.63, 3.8) is 0 Å². The summed E-state index contributed by atoms with van der Waals surface area (Å²) < 4.78 is 0. The van der Waals surface area contributed by atoms with Gasteiger partial charge in [-0.05, 0) is 31.2 Å². The maximum Gasteiger partial charge on any atom is 0.149 e. The number of ketones is 1. The van der Waals surface area contributed by atoms with E-state index in [1.54, 1.807) is 0 Å². The van der Waals surface area contributed by atoms with E-state index < -0.39 is 0 Å². The molecular weight excluding hydrogens is 234 g/mol. The molecule has 0 aliphatic heterocycles. The van der Waals surface area contributed by atoms with Crippen LogP contribution in [0.5, 0.6) is 0 Å². The molecule has 1 rings (SSSR count). The van der Waals surface area contributed by atoms with Gasteiger partial charge in [-0.15, -0.1) is 0 Å². The number of unbranched alkanes of at least 4 members (excludes halogenated alkanes) is 2. The van der Waals surface area contributed by atoms with Crippen molar-refractivity contribution in [2.45, 2.75) is 51.9 Å². The van der Waals surface area contributed by atoms with Crippen molar-refractivity contribution < 1.29 is 4.79 Å². The zero-order chi connectivity index (χ0) is 13.9. The van der Waals surface area contributed by atoms with E-state index in [1.165, 1.54) is 5.56 Å². The molecule has 0 N–H and O–H groups in total. The molecule has 0 fully saturated rings. The van der Waals surface area contributed by atoms with Crippen LogP contribution in [0, 0.1) is 17.2 Å². The predicted octanol–water partition coefficient (Wildman–Crippen LogP) is 4.30. The van der Waals surface area contributed by atoms with Crippen LogP contribution in [0.4, 0.5) is 0 Å². The van der Waals surface area contributed by atoms with Gasteiger partial charge in [-0.25, -0.2) is 0 Å². The first-order valence-electron chi connectivity index (χ1n) is 7.24. The molecule has 0 aromatic heterocycles. The Morgan fingerprint density at radius 2 is 1.95 bits per heavy atom. The normalized spacial score (nSPS) is 11.8. The number of carbonyl (C=O) groups excluding carboxylic acids is 1. The molecule has 0 amide bonds. The van der Waals surface area contributed by atoms with Crippen molar-refractivity contribution in [3.05, 3.63) is 35.9 Å². The topological polar surface area (TPSA) is 40.9 Å². The van der Waals surface area contributed by atoms with Crippen LogP contribution in [0.3, 0.4) is 0 Å². The molecule has 1 aromatic carbocycles. The Hall–Kier alpha value is -1.62. The molecule has 0 heterocycles. The lowest BCUT2D eigenvalue weighted by Crippen LogP contribution is -2.12. The summed E-state index contributed by atoms with van der Waals surface area (Å²) in [4.78, 5) is 11.6. The third-order valence-corrected chi connectivity index (χ3v) is 3.34. The van der Waals surface area contributed by atoms with E-state index in [1.807, 2.05) is 13.0 Å². The number of Topliss-reactive ketones (excluding diaryl/α,β-unsaturated/α-hetero) is 1. The first kappa shape index (κ1) is 15.4. The Morgan fingerprint density at radius 3 is 2.58 bits per heavy atom. The number of carbonyl (C=O) groups is 1. The molecule has 1 atom stereocenters. The number of hydrogen-bond donors (Lipinski definition) is 0. The molecule has 19 heavy (non-hydrogen) atoms. The molecule has 102 valence electrons. The lowest BCUT2D eigenvalue weighted by Gasteiger charge is -2.07. The third-order valence-electron chi connectivity index (χ3n) is 3.34. The summed E-state index contributed by atoms with van der Waals surface area (Å²) in [5.74, 6) is -0.260. The predicted molar refractivity (Wildman–Crippen MR) is 77.6 cm³/mol. The van der Waals surface area contributed by atoms with Crippen LogP contribution in [0.25, 0.3) is 0 Å². The Labute approximate surface area is 116 Å². The molecular formula is C17H23NO. The average molecular weight is 257 g/mol.